The van der Waals surface area contributed by atoms with E-state index in [1.54, 1.807) is 6.20 Å². The number of carbonyl (C=O) groups is 1. The van der Waals surface area contributed by atoms with Gasteiger partial charge in [0.2, 0.25) is 5.91 Å². The fourth-order valence-electron chi connectivity index (χ4n) is 3.01. The van der Waals surface area contributed by atoms with Gasteiger partial charge in [0.25, 0.3) is 0 Å². The Balaban J connectivity index is 1.97. The number of benzene rings is 1. The van der Waals surface area contributed by atoms with Crippen LogP contribution in [0.15, 0.2) is 30.6 Å². The van der Waals surface area contributed by atoms with Crippen LogP contribution in [0.4, 0.5) is 14.5 Å². The van der Waals surface area contributed by atoms with E-state index in [1.165, 1.54) is 12.3 Å². The van der Waals surface area contributed by atoms with Crippen LogP contribution in [0.5, 0.6) is 0 Å². The third-order valence-corrected chi connectivity index (χ3v) is 4.59. The molecule has 1 amide bonds. The summed E-state index contributed by atoms with van der Waals surface area (Å²) < 4.78 is 26.8. The van der Waals surface area contributed by atoms with Crippen LogP contribution < -0.4 is 10.6 Å². The molecule has 24 heavy (non-hydrogen) atoms. The number of nitrogens with two attached hydrogens (primary N) is 1. The van der Waals surface area contributed by atoms with Gasteiger partial charge in [-0.2, -0.15) is 0 Å². The van der Waals surface area contributed by atoms with Gasteiger partial charge in [0.1, 0.15) is 0 Å². The molecule has 0 bridgehead atoms. The average molecular weight is 352 g/mol. The second-order valence-electron chi connectivity index (χ2n) is 5.81. The number of aromatic nitrogens is 1. The van der Waals surface area contributed by atoms with E-state index in [1.807, 2.05) is 4.90 Å². The van der Waals surface area contributed by atoms with Gasteiger partial charge in [-0.25, -0.2) is 8.78 Å². The van der Waals surface area contributed by atoms with Gasteiger partial charge >= 0.3 is 0 Å². The fraction of sp³-hybridized carbons (Fsp3) is 0.294. The van der Waals surface area contributed by atoms with Crippen LogP contribution in [0.3, 0.4) is 0 Å². The van der Waals surface area contributed by atoms with E-state index in [0.29, 0.717) is 47.8 Å². The first kappa shape index (κ1) is 16.6. The molecule has 1 aromatic heterocycles. The highest BCUT2D eigenvalue weighted by atomic mass is 35.5. The molecule has 7 heteroatoms. The van der Waals surface area contributed by atoms with Crippen LogP contribution in [0, 0.1) is 17.6 Å². The predicted molar refractivity (Wildman–Crippen MR) is 88.7 cm³/mol. The Labute approximate surface area is 143 Å². The number of hydrogen-bond acceptors (Lipinski definition) is 3. The smallest absolute Gasteiger partial charge is 0.220 e. The summed E-state index contributed by atoms with van der Waals surface area (Å²) in [6.45, 7) is 1.21. The second kappa shape index (κ2) is 6.73. The molecule has 4 nitrogen and oxygen atoms in total. The maximum atomic E-state index is 13.6. The molecule has 1 fully saturated rings. The van der Waals surface area contributed by atoms with Crippen molar-refractivity contribution in [3.8, 4) is 11.1 Å². The largest absolute Gasteiger partial charge is 0.370 e. The number of primary amides is 1. The van der Waals surface area contributed by atoms with Gasteiger partial charge < -0.3 is 10.6 Å². The van der Waals surface area contributed by atoms with Crippen molar-refractivity contribution in [2.45, 2.75) is 12.8 Å². The lowest BCUT2D eigenvalue weighted by Gasteiger charge is -2.34. The summed E-state index contributed by atoms with van der Waals surface area (Å²) in [4.78, 5) is 17.4. The Hall–Kier alpha value is -2.21. The number of nitrogens with zero attached hydrogens (tertiary/aromatic N) is 2. The van der Waals surface area contributed by atoms with E-state index in [-0.39, 0.29) is 11.8 Å². The van der Waals surface area contributed by atoms with Crippen molar-refractivity contribution in [3.05, 3.63) is 47.2 Å². The summed E-state index contributed by atoms with van der Waals surface area (Å²) in [5, 5.41) is 0.426. The molecule has 0 saturated carbocycles. The molecule has 1 saturated heterocycles. The molecule has 0 aliphatic carbocycles. The first-order valence-electron chi connectivity index (χ1n) is 7.60. The third kappa shape index (κ3) is 3.19. The fourth-order valence-corrected chi connectivity index (χ4v) is 3.29. The Bertz CT molecular complexity index is 776. The average Bonchev–Trinajstić information content (AvgIpc) is 2.57. The number of amides is 1. The quantitative estimate of drug-likeness (QED) is 0.922. The summed E-state index contributed by atoms with van der Waals surface area (Å²) in [6.07, 6.45) is 4.35. The summed E-state index contributed by atoms with van der Waals surface area (Å²) >= 11 is 6.32. The molecule has 2 heterocycles. The number of halogens is 3. The molecule has 2 N–H and O–H groups in total. The maximum absolute atomic E-state index is 13.6. The van der Waals surface area contributed by atoms with Crippen LogP contribution in [0.2, 0.25) is 5.02 Å². The molecule has 0 unspecified atom stereocenters. The van der Waals surface area contributed by atoms with Crippen LogP contribution in [0.1, 0.15) is 12.8 Å². The van der Waals surface area contributed by atoms with E-state index < -0.39 is 11.6 Å². The van der Waals surface area contributed by atoms with Gasteiger partial charge in [-0.1, -0.05) is 17.7 Å². The molecule has 126 valence electrons. The standard InChI is InChI=1S/C17H16ClF2N3O/c18-13-9-22-8-12(11-1-2-14(19)15(20)7-11)16(13)23-5-3-10(4-6-23)17(21)24/h1-2,7-10H,3-6H2,(H2,21,24). The molecule has 2 aromatic rings. The molecule has 1 aliphatic heterocycles. The first-order chi connectivity index (χ1) is 11.5. The lowest BCUT2D eigenvalue weighted by Crippen LogP contribution is -2.38. The number of anilines is 1. The van der Waals surface area contributed by atoms with Crippen LogP contribution in [-0.2, 0) is 4.79 Å². The SMILES string of the molecule is NC(=O)C1CCN(c2c(Cl)cncc2-c2ccc(F)c(F)c2)CC1. The van der Waals surface area contributed by atoms with Crippen molar-refractivity contribution in [3.63, 3.8) is 0 Å². The van der Waals surface area contributed by atoms with Gasteiger partial charge in [-0.05, 0) is 30.5 Å². The van der Waals surface area contributed by atoms with Gasteiger partial charge in [0.15, 0.2) is 11.6 Å². The number of pyridine rings is 1. The number of piperidine rings is 1. The summed E-state index contributed by atoms with van der Waals surface area (Å²) in [5.74, 6) is -2.27. The molecule has 0 spiro atoms. The minimum absolute atomic E-state index is 0.145. The molecular formula is C17H16ClF2N3O. The number of carbonyl (C=O) groups excluding carboxylic acids is 1. The van der Waals surface area contributed by atoms with Crippen LogP contribution >= 0.6 is 11.6 Å². The number of hydrogen-bond donors (Lipinski definition) is 1. The molecule has 1 aromatic carbocycles. The van der Waals surface area contributed by atoms with Crippen molar-refractivity contribution in [1.82, 2.24) is 4.98 Å². The Morgan fingerprint density at radius 2 is 1.92 bits per heavy atom. The van der Waals surface area contributed by atoms with Crippen molar-refractivity contribution in [1.29, 1.82) is 0 Å². The van der Waals surface area contributed by atoms with Crippen molar-refractivity contribution in [2.75, 3.05) is 18.0 Å². The van der Waals surface area contributed by atoms with Gasteiger partial charge in [0.05, 0.1) is 10.7 Å². The Morgan fingerprint density at radius 3 is 2.54 bits per heavy atom. The topological polar surface area (TPSA) is 59.2 Å². The van der Waals surface area contributed by atoms with Gasteiger partial charge in [-0.15, -0.1) is 0 Å². The van der Waals surface area contributed by atoms with E-state index in [9.17, 15) is 13.6 Å². The zero-order valence-corrected chi connectivity index (χ0v) is 13.6. The molecular weight excluding hydrogens is 336 g/mol. The molecule has 1 aliphatic rings. The highest BCUT2D eigenvalue weighted by Crippen LogP contribution is 2.38. The zero-order chi connectivity index (χ0) is 17.3. The van der Waals surface area contributed by atoms with Crippen molar-refractivity contribution < 1.29 is 13.6 Å². The van der Waals surface area contributed by atoms with E-state index >= 15 is 0 Å². The normalized spacial score (nSPS) is 15.5. The monoisotopic (exact) mass is 351 g/mol. The minimum atomic E-state index is -0.925. The van der Waals surface area contributed by atoms with E-state index in [0.717, 1.165) is 12.1 Å². The summed E-state index contributed by atoms with van der Waals surface area (Å²) in [6, 6.07) is 3.70. The molecule has 0 atom stereocenters. The van der Waals surface area contributed by atoms with Crippen LogP contribution in [0.25, 0.3) is 11.1 Å². The summed E-state index contributed by atoms with van der Waals surface area (Å²) in [7, 11) is 0. The highest BCUT2D eigenvalue weighted by Gasteiger charge is 2.26. The Kier molecular flexibility index (Phi) is 4.66. The van der Waals surface area contributed by atoms with E-state index in [4.69, 9.17) is 17.3 Å². The lowest BCUT2D eigenvalue weighted by molar-refractivity contribution is -0.122. The lowest BCUT2D eigenvalue weighted by atomic mass is 9.95. The second-order valence-corrected chi connectivity index (χ2v) is 6.22. The summed E-state index contributed by atoms with van der Waals surface area (Å²) in [5.41, 5.74) is 7.19. The maximum Gasteiger partial charge on any atom is 0.220 e. The van der Waals surface area contributed by atoms with E-state index in [2.05, 4.69) is 4.98 Å². The first-order valence-corrected chi connectivity index (χ1v) is 7.98. The third-order valence-electron chi connectivity index (χ3n) is 4.32. The minimum Gasteiger partial charge on any atom is -0.370 e. The molecule has 0 radical (unpaired) electrons. The number of rotatable bonds is 3. The van der Waals surface area contributed by atoms with Crippen molar-refractivity contribution in [2.24, 2.45) is 11.7 Å². The van der Waals surface area contributed by atoms with Crippen LogP contribution in [-0.4, -0.2) is 24.0 Å². The van der Waals surface area contributed by atoms with Crippen molar-refractivity contribution >= 4 is 23.2 Å². The predicted octanol–water partition coefficient (Wildman–Crippen LogP) is 3.38. The Morgan fingerprint density at radius 1 is 1.21 bits per heavy atom. The molecule has 3 rings (SSSR count). The van der Waals surface area contributed by atoms with Gasteiger partial charge in [-0.3, -0.25) is 9.78 Å². The highest BCUT2D eigenvalue weighted by molar-refractivity contribution is 6.33. The van der Waals surface area contributed by atoms with Gasteiger partial charge in [0, 0.05) is 37.0 Å². The zero-order valence-electron chi connectivity index (χ0n) is 12.8.